The molecular weight excluding hydrogens is 1250 g/mol. The normalized spacial score (nSPS) is 14.6. The Morgan fingerprint density at radius 3 is 0.800 bits per heavy atom. The molecule has 0 aromatic heterocycles. The van der Waals surface area contributed by atoms with Crippen LogP contribution >= 0.6 is 15.6 Å². The highest BCUT2D eigenvalue weighted by molar-refractivity contribution is 7.47. The largest absolute Gasteiger partial charge is 0.472 e. The van der Waals surface area contributed by atoms with Gasteiger partial charge in [-0.3, -0.25) is 37.3 Å². The predicted octanol–water partition coefficient (Wildman–Crippen LogP) is 22.2. The van der Waals surface area contributed by atoms with Gasteiger partial charge in [0.15, 0.2) is 12.2 Å². The third-order valence-electron chi connectivity index (χ3n) is 18.4. The molecule has 0 bridgehead atoms. The van der Waals surface area contributed by atoms with Gasteiger partial charge in [0.25, 0.3) is 0 Å². The lowest BCUT2D eigenvalue weighted by atomic mass is 9.99. The third kappa shape index (κ3) is 67.6. The Labute approximate surface area is 581 Å². The zero-order valence-electron chi connectivity index (χ0n) is 62.1. The van der Waals surface area contributed by atoms with E-state index in [9.17, 15) is 43.2 Å². The van der Waals surface area contributed by atoms with Crippen molar-refractivity contribution in [3.8, 4) is 0 Å². The second kappa shape index (κ2) is 66.6. The summed E-state index contributed by atoms with van der Waals surface area (Å²) in [6.45, 7) is 11.9. The number of esters is 4. The molecule has 0 amide bonds. The lowest BCUT2D eigenvalue weighted by Crippen LogP contribution is -2.30. The molecule has 0 rings (SSSR count). The molecule has 95 heavy (non-hydrogen) atoms. The number of phosphoric acid groups is 2. The van der Waals surface area contributed by atoms with E-state index < -0.39 is 97.5 Å². The van der Waals surface area contributed by atoms with Crippen molar-refractivity contribution in [1.82, 2.24) is 0 Å². The van der Waals surface area contributed by atoms with Gasteiger partial charge in [-0.05, 0) is 43.4 Å². The molecule has 0 fully saturated rings. The number of unbranched alkanes of at least 4 members (excludes halogenated alkanes) is 40. The van der Waals surface area contributed by atoms with E-state index in [1.54, 1.807) is 0 Å². The van der Waals surface area contributed by atoms with E-state index in [-0.39, 0.29) is 25.7 Å². The molecule has 0 aromatic rings. The summed E-state index contributed by atoms with van der Waals surface area (Å²) >= 11 is 0. The van der Waals surface area contributed by atoms with Gasteiger partial charge >= 0.3 is 39.5 Å². The molecule has 0 radical (unpaired) electrons. The Hall–Kier alpha value is -1.94. The number of carbonyl (C=O) groups is 4. The van der Waals surface area contributed by atoms with Crippen molar-refractivity contribution >= 4 is 39.5 Å². The van der Waals surface area contributed by atoms with Crippen LogP contribution in [0.2, 0.25) is 0 Å². The van der Waals surface area contributed by atoms with Gasteiger partial charge < -0.3 is 33.8 Å². The van der Waals surface area contributed by atoms with E-state index in [1.165, 1.54) is 199 Å². The zero-order valence-corrected chi connectivity index (χ0v) is 63.9. The monoisotopic (exact) mass is 1400 g/mol. The molecule has 0 aliphatic carbocycles. The van der Waals surface area contributed by atoms with Gasteiger partial charge in [-0.2, -0.15) is 0 Å². The number of aliphatic hydroxyl groups is 1. The molecule has 0 saturated carbocycles. The fourth-order valence-electron chi connectivity index (χ4n) is 11.5. The van der Waals surface area contributed by atoms with Crippen molar-refractivity contribution in [1.29, 1.82) is 0 Å². The second-order valence-corrected chi connectivity index (χ2v) is 31.3. The maximum Gasteiger partial charge on any atom is 0.472 e. The first-order valence-electron chi connectivity index (χ1n) is 39.4. The molecule has 0 aliphatic rings. The summed E-state index contributed by atoms with van der Waals surface area (Å²) in [5, 5.41) is 10.6. The average Bonchev–Trinajstić information content (AvgIpc) is 3.74. The molecule has 19 heteroatoms. The van der Waals surface area contributed by atoms with Crippen molar-refractivity contribution in [2.75, 3.05) is 39.6 Å². The van der Waals surface area contributed by atoms with Crippen molar-refractivity contribution in [3.05, 3.63) is 0 Å². The minimum atomic E-state index is -4.96. The van der Waals surface area contributed by atoms with Crippen LogP contribution in [-0.2, 0) is 65.4 Å². The topological polar surface area (TPSA) is 237 Å². The SMILES string of the molecule is CCCCCCCCCCCCCCC(=O)OC[C@H](COP(=O)(O)OC[C@H](O)COP(=O)(O)OC[C@@H](COC(=O)CCCCCCCCCCCCC(C)C)OC(=O)CCCCCCCCCCCCCCCCC(C)CC)OC(=O)CCCCCCCCCCC(C)CC. The van der Waals surface area contributed by atoms with Crippen LogP contribution in [0.1, 0.15) is 389 Å². The molecule has 0 aliphatic heterocycles. The summed E-state index contributed by atoms with van der Waals surface area (Å²) in [5.41, 5.74) is 0. The summed E-state index contributed by atoms with van der Waals surface area (Å²) in [5.74, 6) is 0.256. The minimum absolute atomic E-state index is 0.105. The van der Waals surface area contributed by atoms with Gasteiger partial charge in [0, 0.05) is 25.7 Å². The molecule has 4 unspecified atom stereocenters. The van der Waals surface area contributed by atoms with Crippen molar-refractivity contribution in [2.45, 2.75) is 407 Å². The number of carbonyl (C=O) groups excluding carboxylic acids is 4. The van der Waals surface area contributed by atoms with Gasteiger partial charge in [0.1, 0.15) is 19.3 Å². The Morgan fingerprint density at radius 2 is 0.537 bits per heavy atom. The predicted molar refractivity (Wildman–Crippen MR) is 386 cm³/mol. The number of ether oxygens (including phenoxy) is 4. The van der Waals surface area contributed by atoms with Crippen LogP contribution in [0.25, 0.3) is 0 Å². The van der Waals surface area contributed by atoms with E-state index >= 15 is 0 Å². The van der Waals surface area contributed by atoms with E-state index in [1.807, 2.05) is 0 Å². The Kier molecular flexibility index (Phi) is 65.2. The summed E-state index contributed by atoms with van der Waals surface area (Å²) in [4.78, 5) is 72.8. The number of aliphatic hydroxyl groups excluding tert-OH is 1. The molecule has 564 valence electrons. The van der Waals surface area contributed by atoms with Crippen LogP contribution in [0.3, 0.4) is 0 Å². The van der Waals surface area contributed by atoms with E-state index in [2.05, 4.69) is 48.5 Å². The van der Waals surface area contributed by atoms with Crippen LogP contribution in [0.15, 0.2) is 0 Å². The second-order valence-electron chi connectivity index (χ2n) is 28.4. The molecule has 0 spiro atoms. The Bertz CT molecular complexity index is 1860. The molecule has 0 saturated heterocycles. The Balaban J connectivity index is 5.26. The maximum atomic E-state index is 13.1. The minimum Gasteiger partial charge on any atom is -0.462 e. The van der Waals surface area contributed by atoms with Crippen LogP contribution in [0, 0.1) is 17.8 Å². The Morgan fingerprint density at radius 1 is 0.305 bits per heavy atom. The highest BCUT2D eigenvalue weighted by atomic mass is 31.2. The molecule has 17 nitrogen and oxygen atoms in total. The fourth-order valence-corrected chi connectivity index (χ4v) is 13.1. The molecule has 0 heterocycles. The first-order chi connectivity index (χ1) is 45.8. The number of phosphoric ester groups is 2. The smallest absolute Gasteiger partial charge is 0.462 e. The molecule has 7 atom stereocenters. The van der Waals surface area contributed by atoms with Gasteiger partial charge in [0.05, 0.1) is 26.4 Å². The van der Waals surface area contributed by atoms with E-state index in [4.69, 9.17) is 37.0 Å². The third-order valence-corrected chi connectivity index (χ3v) is 20.3. The molecular formula is C76H148O17P2. The lowest BCUT2D eigenvalue weighted by molar-refractivity contribution is -0.161. The van der Waals surface area contributed by atoms with E-state index in [0.717, 1.165) is 108 Å². The number of rotatable bonds is 74. The number of hydrogen-bond donors (Lipinski definition) is 3. The van der Waals surface area contributed by atoms with Gasteiger partial charge in [0.2, 0.25) is 0 Å². The fraction of sp³-hybridized carbons (Fsp3) is 0.947. The van der Waals surface area contributed by atoms with Crippen LogP contribution in [0.4, 0.5) is 0 Å². The van der Waals surface area contributed by atoms with Crippen LogP contribution in [-0.4, -0.2) is 96.7 Å². The summed E-state index contributed by atoms with van der Waals surface area (Å²) in [7, 11) is -9.91. The van der Waals surface area contributed by atoms with Crippen molar-refractivity contribution < 1.29 is 80.2 Å². The highest BCUT2D eigenvalue weighted by Crippen LogP contribution is 2.45. The van der Waals surface area contributed by atoms with Crippen molar-refractivity contribution in [3.63, 3.8) is 0 Å². The van der Waals surface area contributed by atoms with Crippen LogP contribution in [0.5, 0.6) is 0 Å². The van der Waals surface area contributed by atoms with Gasteiger partial charge in [-0.1, -0.05) is 337 Å². The first kappa shape index (κ1) is 93.1. The first-order valence-corrected chi connectivity index (χ1v) is 42.4. The van der Waals surface area contributed by atoms with Crippen LogP contribution < -0.4 is 0 Å². The standard InChI is InChI=1S/C76H148O17P2/c1-8-11-12-13-14-15-16-22-28-36-43-50-57-73(78)86-64-72(93-76(81)60-53-46-39-32-31-35-42-49-56-69(7)10-3)66-91-95(84,85)89-62-70(77)61-88-94(82,83)90-65-71(63-87-74(79)58-51-44-37-29-25-24-26-33-40-47-54-67(4)5)92-75(80)59-52-45-38-30-23-20-18-17-19-21-27-34-41-48-55-68(6)9-2/h67-72,77H,8-66H2,1-7H3,(H,82,83)(H,84,85)/t68?,69?,70-,71-,72-/m1/s1. The average molecular weight is 1400 g/mol. The number of hydrogen-bond acceptors (Lipinski definition) is 15. The summed E-state index contributed by atoms with van der Waals surface area (Å²) in [6.07, 6.45) is 52.5. The van der Waals surface area contributed by atoms with Gasteiger partial charge in [-0.25, -0.2) is 9.13 Å². The lowest BCUT2D eigenvalue weighted by Gasteiger charge is -2.21. The summed E-state index contributed by atoms with van der Waals surface area (Å²) in [6, 6.07) is 0. The molecule has 0 aromatic carbocycles. The van der Waals surface area contributed by atoms with Crippen molar-refractivity contribution in [2.24, 2.45) is 17.8 Å². The van der Waals surface area contributed by atoms with E-state index in [0.29, 0.717) is 25.7 Å². The van der Waals surface area contributed by atoms with Gasteiger partial charge in [-0.15, -0.1) is 0 Å². The molecule has 3 N–H and O–H groups in total. The zero-order chi connectivity index (χ0) is 70.1. The summed E-state index contributed by atoms with van der Waals surface area (Å²) < 4.78 is 68.5. The quantitative estimate of drug-likeness (QED) is 0.0222. The maximum absolute atomic E-state index is 13.1. The highest BCUT2D eigenvalue weighted by Gasteiger charge is 2.30.